The molecule has 0 bridgehead atoms. The lowest BCUT2D eigenvalue weighted by Crippen LogP contribution is -2.43. The Morgan fingerprint density at radius 1 is 1.03 bits per heavy atom. The van der Waals surface area contributed by atoms with Crippen LogP contribution in [0.3, 0.4) is 0 Å². The van der Waals surface area contributed by atoms with Gasteiger partial charge in [0.05, 0.1) is 41.7 Å². The molecule has 4 atom stereocenters. The highest BCUT2D eigenvalue weighted by molar-refractivity contribution is 5.81. The number of hydrogen-bond acceptors (Lipinski definition) is 5. The first-order valence-corrected chi connectivity index (χ1v) is 14.4. The number of aromatic nitrogens is 5. The quantitative estimate of drug-likeness (QED) is 0.319. The molecule has 7 rings (SSSR count). The summed E-state index contributed by atoms with van der Waals surface area (Å²) in [6.45, 7) is 10.7. The third-order valence-electron chi connectivity index (χ3n) is 9.49. The van der Waals surface area contributed by atoms with E-state index in [-0.39, 0.29) is 6.04 Å². The van der Waals surface area contributed by atoms with Crippen LogP contribution in [-0.4, -0.2) is 61.6 Å². The maximum Gasteiger partial charge on any atom is 0.0942 e. The smallest absolute Gasteiger partial charge is 0.0942 e. The molecular weight excluding hydrogens is 472 g/mol. The topological polar surface area (TPSA) is 61.0 Å². The van der Waals surface area contributed by atoms with Crippen molar-refractivity contribution in [2.24, 2.45) is 11.8 Å². The molecule has 0 radical (unpaired) electrons. The summed E-state index contributed by atoms with van der Waals surface area (Å²) in [6.07, 6.45) is 9.70. The summed E-state index contributed by atoms with van der Waals surface area (Å²) in [4.78, 5) is 12.1. The minimum absolute atomic E-state index is 0.129. The Morgan fingerprint density at radius 3 is 2.58 bits per heavy atom. The Kier molecular flexibility index (Phi) is 6.08. The van der Waals surface area contributed by atoms with Crippen molar-refractivity contribution in [2.45, 2.75) is 64.1 Å². The average molecular weight is 511 g/mol. The molecule has 3 aliphatic rings. The molecule has 7 nitrogen and oxygen atoms in total. The van der Waals surface area contributed by atoms with Crippen molar-refractivity contribution in [1.29, 1.82) is 0 Å². The molecule has 0 amide bonds. The summed E-state index contributed by atoms with van der Waals surface area (Å²) in [5.74, 6) is 2.24. The SMILES string of the molecule is CCC(C)n1nc(-c2cnc3ccn(C(C)c4ccccn4)c3c2)cc1C1C2CC(N3CCOCC3)CC21. The van der Waals surface area contributed by atoms with Gasteiger partial charge in [0, 0.05) is 60.9 Å². The van der Waals surface area contributed by atoms with E-state index in [9.17, 15) is 0 Å². The van der Waals surface area contributed by atoms with Crippen molar-refractivity contribution in [2.75, 3.05) is 26.3 Å². The van der Waals surface area contributed by atoms with Crippen molar-refractivity contribution < 1.29 is 4.74 Å². The highest BCUT2D eigenvalue weighted by Gasteiger charge is 2.58. The third kappa shape index (κ3) is 4.07. The first-order valence-electron chi connectivity index (χ1n) is 14.4. The number of nitrogens with zero attached hydrogens (tertiary/aromatic N) is 6. The molecule has 5 heterocycles. The summed E-state index contributed by atoms with van der Waals surface area (Å²) in [6, 6.07) is 14.1. The largest absolute Gasteiger partial charge is 0.379 e. The second-order valence-corrected chi connectivity index (χ2v) is 11.6. The third-order valence-corrected chi connectivity index (χ3v) is 9.49. The van der Waals surface area contributed by atoms with Gasteiger partial charge in [0.1, 0.15) is 0 Å². The van der Waals surface area contributed by atoms with Gasteiger partial charge in [-0.25, -0.2) is 0 Å². The minimum Gasteiger partial charge on any atom is -0.379 e. The fourth-order valence-electron chi connectivity index (χ4n) is 7.09. The minimum atomic E-state index is 0.129. The normalized spacial score (nSPS) is 26.9. The number of morpholine rings is 1. The molecule has 4 unspecified atom stereocenters. The average Bonchev–Trinajstić information content (AvgIpc) is 3.40. The maximum atomic E-state index is 5.59. The summed E-state index contributed by atoms with van der Waals surface area (Å²) >= 11 is 0. The van der Waals surface area contributed by atoms with Crippen molar-refractivity contribution in [3.8, 4) is 11.3 Å². The molecule has 198 valence electrons. The monoisotopic (exact) mass is 510 g/mol. The molecule has 2 saturated carbocycles. The number of fused-ring (bicyclic) bond motifs is 2. The molecule has 1 saturated heterocycles. The molecular formula is C31H38N6O. The van der Waals surface area contributed by atoms with Crippen LogP contribution >= 0.6 is 0 Å². The lowest BCUT2D eigenvalue weighted by molar-refractivity contribution is 0.0151. The fourth-order valence-corrected chi connectivity index (χ4v) is 7.09. The van der Waals surface area contributed by atoms with Gasteiger partial charge in [-0.05, 0) is 75.3 Å². The van der Waals surface area contributed by atoms with Crippen LogP contribution in [0.1, 0.15) is 69.4 Å². The van der Waals surface area contributed by atoms with Crippen molar-refractivity contribution in [1.82, 2.24) is 29.2 Å². The molecule has 1 aliphatic heterocycles. The van der Waals surface area contributed by atoms with Gasteiger partial charge >= 0.3 is 0 Å². The van der Waals surface area contributed by atoms with Crippen LogP contribution < -0.4 is 0 Å². The second-order valence-electron chi connectivity index (χ2n) is 11.6. The molecule has 4 aromatic rings. The lowest BCUT2D eigenvalue weighted by Gasteiger charge is -2.33. The zero-order chi connectivity index (χ0) is 25.8. The number of pyridine rings is 2. The van der Waals surface area contributed by atoms with Gasteiger partial charge in [-0.15, -0.1) is 0 Å². The molecule has 38 heavy (non-hydrogen) atoms. The van der Waals surface area contributed by atoms with Gasteiger partial charge < -0.3 is 9.30 Å². The van der Waals surface area contributed by atoms with E-state index >= 15 is 0 Å². The number of rotatable bonds is 7. The van der Waals surface area contributed by atoms with Crippen LogP contribution in [0, 0.1) is 11.8 Å². The molecule has 4 aromatic heterocycles. The van der Waals surface area contributed by atoms with Crippen molar-refractivity contribution >= 4 is 11.0 Å². The standard InChI is InChI=1S/C31H38N6O/c1-4-20(2)37-30(31-24-16-23(17-25(24)31)35-11-13-38-14-12-35)18-28(34-37)22-15-29-27(33-19-22)8-10-36(29)21(3)26-7-5-6-9-32-26/h5-10,15,18-21,23-25,31H,4,11-14,16-17H2,1-3H3. The predicted molar refractivity (Wildman–Crippen MR) is 149 cm³/mol. The first kappa shape index (κ1) is 24.0. The van der Waals surface area contributed by atoms with Gasteiger partial charge in [0.2, 0.25) is 0 Å². The predicted octanol–water partition coefficient (Wildman–Crippen LogP) is 5.70. The Bertz CT molecular complexity index is 1410. The van der Waals surface area contributed by atoms with Crippen LogP contribution in [0.4, 0.5) is 0 Å². The van der Waals surface area contributed by atoms with Gasteiger partial charge in [0.15, 0.2) is 0 Å². The Balaban J connectivity index is 1.18. The zero-order valence-electron chi connectivity index (χ0n) is 22.7. The summed E-state index contributed by atoms with van der Waals surface area (Å²) in [5, 5.41) is 5.20. The Labute approximate surface area is 224 Å². The highest BCUT2D eigenvalue weighted by atomic mass is 16.5. The van der Waals surface area contributed by atoms with Crippen LogP contribution in [0.25, 0.3) is 22.3 Å². The molecule has 0 aromatic carbocycles. The Morgan fingerprint density at radius 2 is 1.84 bits per heavy atom. The Hall–Kier alpha value is -3.03. The van der Waals surface area contributed by atoms with E-state index in [4.69, 9.17) is 14.8 Å². The van der Waals surface area contributed by atoms with Gasteiger partial charge in [-0.1, -0.05) is 13.0 Å². The second kappa shape index (κ2) is 9.62. The molecule has 7 heteroatoms. The van der Waals surface area contributed by atoms with E-state index in [1.165, 1.54) is 18.5 Å². The van der Waals surface area contributed by atoms with Gasteiger partial charge in [0.25, 0.3) is 0 Å². The lowest BCUT2D eigenvalue weighted by atomic mass is 10.0. The number of hydrogen-bond donors (Lipinski definition) is 0. The zero-order valence-corrected chi connectivity index (χ0v) is 22.7. The van der Waals surface area contributed by atoms with E-state index in [1.807, 2.05) is 24.5 Å². The first-order chi connectivity index (χ1) is 18.6. The van der Waals surface area contributed by atoms with Crippen LogP contribution in [0.2, 0.25) is 0 Å². The number of ether oxygens (including phenoxy) is 1. The summed E-state index contributed by atoms with van der Waals surface area (Å²) < 4.78 is 10.2. The van der Waals surface area contributed by atoms with E-state index in [2.05, 4.69) is 70.4 Å². The molecule has 0 spiro atoms. The summed E-state index contributed by atoms with van der Waals surface area (Å²) in [5.41, 5.74) is 6.74. The van der Waals surface area contributed by atoms with E-state index < -0.39 is 0 Å². The van der Waals surface area contributed by atoms with Crippen LogP contribution in [0.15, 0.2) is 55.0 Å². The summed E-state index contributed by atoms with van der Waals surface area (Å²) in [7, 11) is 0. The highest BCUT2D eigenvalue weighted by Crippen LogP contribution is 2.64. The molecule has 0 N–H and O–H groups in total. The fraction of sp³-hybridized carbons (Fsp3) is 0.516. The van der Waals surface area contributed by atoms with Gasteiger partial charge in [-0.2, -0.15) is 5.10 Å². The van der Waals surface area contributed by atoms with E-state index in [0.29, 0.717) is 12.0 Å². The maximum absolute atomic E-state index is 5.59. The van der Waals surface area contributed by atoms with E-state index in [1.54, 1.807) is 0 Å². The van der Waals surface area contributed by atoms with Gasteiger partial charge in [-0.3, -0.25) is 19.5 Å². The molecule has 2 aliphatic carbocycles. The van der Waals surface area contributed by atoms with Crippen LogP contribution in [0.5, 0.6) is 0 Å². The van der Waals surface area contributed by atoms with E-state index in [0.717, 1.165) is 78.6 Å². The molecule has 3 fully saturated rings. The van der Waals surface area contributed by atoms with Crippen LogP contribution in [-0.2, 0) is 4.74 Å². The van der Waals surface area contributed by atoms with Crippen molar-refractivity contribution in [3.63, 3.8) is 0 Å². The van der Waals surface area contributed by atoms with Crippen molar-refractivity contribution in [3.05, 3.63) is 66.4 Å².